The highest BCUT2D eigenvalue weighted by Crippen LogP contribution is 2.19. The highest BCUT2D eigenvalue weighted by molar-refractivity contribution is 6.30. The van der Waals surface area contributed by atoms with Gasteiger partial charge in [-0.3, -0.25) is 0 Å². The molecule has 0 saturated carbocycles. The Hall–Kier alpha value is -1.32. The van der Waals surface area contributed by atoms with Crippen LogP contribution in [0.3, 0.4) is 0 Å². The second-order valence-corrected chi connectivity index (χ2v) is 4.15. The van der Waals surface area contributed by atoms with Crippen LogP contribution in [0, 0.1) is 6.92 Å². The van der Waals surface area contributed by atoms with E-state index in [1.165, 1.54) is 0 Å². The molecule has 0 saturated heterocycles. The zero-order valence-corrected chi connectivity index (χ0v) is 9.91. The van der Waals surface area contributed by atoms with E-state index in [0.717, 1.165) is 28.4 Å². The summed E-state index contributed by atoms with van der Waals surface area (Å²) in [6, 6.07) is 7.76. The van der Waals surface area contributed by atoms with Crippen molar-refractivity contribution in [1.29, 1.82) is 0 Å². The maximum absolute atomic E-state index is 5.97. The molecule has 0 fully saturated rings. The molecule has 1 aromatic carbocycles. The van der Waals surface area contributed by atoms with Crippen LogP contribution in [0.5, 0.6) is 0 Å². The van der Waals surface area contributed by atoms with Gasteiger partial charge < -0.3 is 5.73 Å². The van der Waals surface area contributed by atoms with Gasteiger partial charge in [0.2, 0.25) is 0 Å². The number of aromatic nitrogens is 2. The van der Waals surface area contributed by atoms with Gasteiger partial charge in [0.05, 0.1) is 11.4 Å². The monoisotopic (exact) mass is 235 g/mol. The van der Waals surface area contributed by atoms with Crippen LogP contribution in [-0.2, 0) is 6.42 Å². The molecule has 0 spiro atoms. The average Bonchev–Trinajstić information content (AvgIpc) is 2.65. The Balaban J connectivity index is 2.47. The van der Waals surface area contributed by atoms with Gasteiger partial charge in [-0.05, 0) is 49.7 Å². The fraction of sp³-hybridized carbons (Fsp3) is 0.250. The van der Waals surface area contributed by atoms with Crippen LogP contribution in [-0.4, -0.2) is 16.3 Å². The number of rotatable bonds is 3. The quantitative estimate of drug-likeness (QED) is 0.888. The van der Waals surface area contributed by atoms with Crippen LogP contribution in [0.25, 0.3) is 5.69 Å². The fourth-order valence-corrected chi connectivity index (χ4v) is 1.88. The number of halogens is 1. The molecule has 0 aliphatic heterocycles. The Morgan fingerprint density at radius 1 is 1.38 bits per heavy atom. The van der Waals surface area contributed by atoms with Crippen molar-refractivity contribution in [2.45, 2.75) is 13.3 Å². The predicted molar refractivity (Wildman–Crippen MR) is 66.1 cm³/mol. The summed E-state index contributed by atoms with van der Waals surface area (Å²) in [6.45, 7) is 2.57. The lowest BCUT2D eigenvalue weighted by atomic mass is 10.1. The summed E-state index contributed by atoms with van der Waals surface area (Å²) in [5.74, 6) is 0. The first kappa shape index (κ1) is 11.2. The molecule has 2 N–H and O–H groups in total. The summed E-state index contributed by atoms with van der Waals surface area (Å²) >= 11 is 5.97. The second-order valence-electron chi connectivity index (χ2n) is 3.71. The van der Waals surface area contributed by atoms with Crippen LogP contribution in [0.4, 0.5) is 0 Å². The largest absolute Gasteiger partial charge is 0.330 e. The Morgan fingerprint density at radius 3 is 2.81 bits per heavy atom. The van der Waals surface area contributed by atoms with Crippen molar-refractivity contribution in [2.24, 2.45) is 5.73 Å². The lowest BCUT2D eigenvalue weighted by Gasteiger charge is -2.09. The van der Waals surface area contributed by atoms with Crippen molar-refractivity contribution in [3.63, 3.8) is 0 Å². The molecule has 0 radical (unpaired) electrons. The summed E-state index contributed by atoms with van der Waals surface area (Å²) in [7, 11) is 0. The molecular weight excluding hydrogens is 222 g/mol. The topological polar surface area (TPSA) is 43.8 Å². The highest BCUT2D eigenvalue weighted by atomic mass is 35.5. The van der Waals surface area contributed by atoms with Crippen LogP contribution in [0.1, 0.15) is 11.3 Å². The van der Waals surface area contributed by atoms with E-state index in [0.29, 0.717) is 6.54 Å². The molecule has 1 heterocycles. The molecule has 2 rings (SSSR count). The molecule has 0 amide bonds. The van der Waals surface area contributed by atoms with Crippen molar-refractivity contribution in [3.8, 4) is 5.69 Å². The van der Waals surface area contributed by atoms with Gasteiger partial charge in [0.25, 0.3) is 0 Å². The molecule has 0 aliphatic rings. The molecule has 0 bridgehead atoms. The zero-order valence-electron chi connectivity index (χ0n) is 9.15. The first-order chi connectivity index (χ1) is 7.70. The van der Waals surface area contributed by atoms with E-state index in [2.05, 4.69) is 5.10 Å². The molecule has 0 aliphatic carbocycles. The minimum atomic E-state index is 0.605. The Bertz CT molecular complexity index is 491. The number of benzene rings is 1. The normalized spacial score (nSPS) is 10.7. The van der Waals surface area contributed by atoms with Gasteiger partial charge in [-0.1, -0.05) is 11.6 Å². The number of hydrogen-bond acceptors (Lipinski definition) is 2. The van der Waals surface area contributed by atoms with Crippen LogP contribution < -0.4 is 5.73 Å². The molecule has 4 heteroatoms. The van der Waals surface area contributed by atoms with Crippen LogP contribution in [0.15, 0.2) is 30.5 Å². The maximum atomic E-state index is 5.97. The predicted octanol–water partition coefficient (Wildman–Crippen LogP) is 2.34. The summed E-state index contributed by atoms with van der Waals surface area (Å²) in [5.41, 5.74) is 8.75. The molecule has 0 atom stereocenters. The number of nitrogens with two attached hydrogens (primary N) is 1. The third-order valence-corrected chi connectivity index (χ3v) is 2.66. The van der Waals surface area contributed by atoms with E-state index in [1.807, 2.05) is 42.1 Å². The maximum Gasteiger partial charge on any atom is 0.0679 e. The van der Waals surface area contributed by atoms with Crippen molar-refractivity contribution in [2.75, 3.05) is 6.54 Å². The van der Waals surface area contributed by atoms with Gasteiger partial charge in [-0.25, -0.2) is 4.68 Å². The van der Waals surface area contributed by atoms with E-state index in [9.17, 15) is 0 Å². The van der Waals surface area contributed by atoms with Crippen molar-refractivity contribution in [1.82, 2.24) is 9.78 Å². The van der Waals surface area contributed by atoms with Crippen LogP contribution in [0.2, 0.25) is 5.02 Å². The summed E-state index contributed by atoms with van der Waals surface area (Å²) < 4.78 is 1.86. The number of aryl methyl sites for hydroxylation is 1. The molecule has 84 valence electrons. The smallest absolute Gasteiger partial charge is 0.0679 e. The number of nitrogens with zero attached hydrogens (tertiary/aromatic N) is 2. The van der Waals surface area contributed by atoms with Crippen molar-refractivity contribution < 1.29 is 0 Å². The average molecular weight is 236 g/mol. The van der Waals surface area contributed by atoms with Gasteiger partial charge in [-0.2, -0.15) is 5.10 Å². The standard InChI is InChI=1S/C12H14ClN3/c1-9-5-7-16(15-9)12-3-2-11(13)8-10(12)4-6-14/h2-3,5,7-8H,4,6,14H2,1H3. The zero-order chi connectivity index (χ0) is 11.5. The lowest BCUT2D eigenvalue weighted by Crippen LogP contribution is -2.07. The first-order valence-corrected chi connectivity index (χ1v) is 5.59. The third kappa shape index (κ3) is 2.26. The van der Waals surface area contributed by atoms with E-state index in [1.54, 1.807) is 0 Å². The van der Waals surface area contributed by atoms with Gasteiger partial charge in [0.1, 0.15) is 0 Å². The van der Waals surface area contributed by atoms with E-state index in [4.69, 9.17) is 17.3 Å². The minimum Gasteiger partial charge on any atom is -0.330 e. The Kier molecular flexibility index (Phi) is 3.27. The molecule has 2 aromatic rings. The Labute approximate surface area is 99.8 Å². The van der Waals surface area contributed by atoms with Gasteiger partial charge in [0, 0.05) is 11.2 Å². The van der Waals surface area contributed by atoms with Crippen LogP contribution >= 0.6 is 11.6 Å². The number of hydrogen-bond donors (Lipinski definition) is 1. The van der Waals surface area contributed by atoms with Gasteiger partial charge >= 0.3 is 0 Å². The first-order valence-electron chi connectivity index (χ1n) is 5.22. The summed E-state index contributed by atoms with van der Waals surface area (Å²) in [5, 5.41) is 5.12. The van der Waals surface area contributed by atoms with Gasteiger partial charge in [0.15, 0.2) is 0 Å². The lowest BCUT2D eigenvalue weighted by molar-refractivity contribution is 0.838. The second kappa shape index (κ2) is 4.68. The van der Waals surface area contributed by atoms with E-state index >= 15 is 0 Å². The van der Waals surface area contributed by atoms with E-state index in [-0.39, 0.29) is 0 Å². The van der Waals surface area contributed by atoms with E-state index < -0.39 is 0 Å². The fourth-order valence-electron chi connectivity index (χ4n) is 1.68. The molecule has 1 aromatic heterocycles. The highest BCUT2D eigenvalue weighted by Gasteiger charge is 2.05. The molecule has 0 unspecified atom stereocenters. The van der Waals surface area contributed by atoms with Crippen molar-refractivity contribution in [3.05, 3.63) is 46.7 Å². The Morgan fingerprint density at radius 2 is 2.19 bits per heavy atom. The third-order valence-electron chi connectivity index (χ3n) is 2.42. The SMILES string of the molecule is Cc1ccn(-c2ccc(Cl)cc2CCN)n1. The molecule has 3 nitrogen and oxygen atoms in total. The summed E-state index contributed by atoms with van der Waals surface area (Å²) in [6.07, 6.45) is 2.74. The molecule has 16 heavy (non-hydrogen) atoms. The van der Waals surface area contributed by atoms with Crippen molar-refractivity contribution >= 4 is 11.6 Å². The minimum absolute atomic E-state index is 0.605. The molecular formula is C12H14ClN3. The van der Waals surface area contributed by atoms with Gasteiger partial charge in [-0.15, -0.1) is 0 Å². The summed E-state index contributed by atoms with van der Waals surface area (Å²) in [4.78, 5) is 0.